The van der Waals surface area contributed by atoms with Crippen LogP contribution in [0.4, 0.5) is 13.2 Å². The number of hydrogen-bond acceptors (Lipinski definition) is 3. The first kappa shape index (κ1) is 15.2. The van der Waals surface area contributed by atoms with Crippen molar-refractivity contribution in [1.82, 2.24) is 10.3 Å². The van der Waals surface area contributed by atoms with Crippen LogP contribution in [0.2, 0.25) is 0 Å². The smallest absolute Gasteiger partial charge is 0.293 e. The number of carbonyl (C=O) groups is 1. The number of rotatable bonds is 6. The zero-order valence-corrected chi connectivity index (χ0v) is 9.47. The molecule has 1 unspecified atom stereocenters. The molecular formula is C9H18F3N3O. The van der Waals surface area contributed by atoms with E-state index in [1.165, 1.54) is 0 Å². The van der Waals surface area contributed by atoms with E-state index in [1.807, 2.05) is 5.43 Å². The number of nitrogens with one attached hydrogen (secondary N) is 1. The van der Waals surface area contributed by atoms with Gasteiger partial charge in [0, 0.05) is 0 Å². The second-order valence-corrected chi connectivity index (χ2v) is 3.49. The summed E-state index contributed by atoms with van der Waals surface area (Å²) in [6.07, 6.45) is -3.34. The SMILES string of the molecule is CCCC(C(=O)NN)N(CC)CC(F)(F)F. The minimum atomic E-state index is -4.31. The highest BCUT2D eigenvalue weighted by Gasteiger charge is 2.35. The van der Waals surface area contributed by atoms with E-state index < -0.39 is 24.7 Å². The summed E-state index contributed by atoms with van der Waals surface area (Å²) in [6.45, 7) is 2.44. The standard InChI is InChI=1S/C9H18F3N3O/c1-3-5-7(8(16)14-13)15(4-2)6-9(10,11)12/h7H,3-6,13H2,1-2H3,(H,14,16). The average molecular weight is 241 g/mol. The average Bonchev–Trinajstić information content (AvgIpc) is 2.20. The quantitative estimate of drug-likeness (QED) is 0.415. The Morgan fingerprint density at radius 3 is 2.31 bits per heavy atom. The van der Waals surface area contributed by atoms with Gasteiger partial charge in [0.25, 0.3) is 5.91 Å². The van der Waals surface area contributed by atoms with Crippen molar-refractivity contribution in [2.75, 3.05) is 13.1 Å². The van der Waals surface area contributed by atoms with Crippen LogP contribution in [0.3, 0.4) is 0 Å². The molecule has 0 aromatic carbocycles. The van der Waals surface area contributed by atoms with Gasteiger partial charge in [0.1, 0.15) is 0 Å². The van der Waals surface area contributed by atoms with Crippen LogP contribution in [-0.2, 0) is 4.79 Å². The molecule has 3 N–H and O–H groups in total. The maximum Gasteiger partial charge on any atom is 0.401 e. The molecule has 96 valence electrons. The summed E-state index contributed by atoms with van der Waals surface area (Å²) < 4.78 is 36.8. The van der Waals surface area contributed by atoms with Gasteiger partial charge < -0.3 is 0 Å². The van der Waals surface area contributed by atoms with E-state index in [0.29, 0.717) is 12.8 Å². The summed E-state index contributed by atoms with van der Waals surface area (Å²) in [5.41, 5.74) is 1.90. The number of amides is 1. The van der Waals surface area contributed by atoms with Gasteiger partial charge in [0.2, 0.25) is 0 Å². The van der Waals surface area contributed by atoms with Crippen molar-refractivity contribution in [3.8, 4) is 0 Å². The van der Waals surface area contributed by atoms with Gasteiger partial charge >= 0.3 is 6.18 Å². The highest BCUT2D eigenvalue weighted by molar-refractivity contribution is 5.81. The molecule has 1 atom stereocenters. The predicted molar refractivity (Wildman–Crippen MR) is 54.3 cm³/mol. The first-order chi connectivity index (χ1) is 7.35. The lowest BCUT2D eigenvalue weighted by Gasteiger charge is -2.29. The lowest BCUT2D eigenvalue weighted by Crippen LogP contribution is -2.51. The normalized spacial score (nSPS) is 13.9. The van der Waals surface area contributed by atoms with Crippen LogP contribution in [0.15, 0.2) is 0 Å². The van der Waals surface area contributed by atoms with Crippen molar-refractivity contribution in [3.05, 3.63) is 0 Å². The number of hydrazine groups is 1. The summed E-state index contributed by atoms with van der Waals surface area (Å²) in [5.74, 6) is 4.38. The second-order valence-electron chi connectivity index (χ2n) is 3.49. The third-order valence-corrected chi connectivity index (χ3v) is 2.24. The van der Waals surface area contributed by atoms with Crippen molar-refractivity contribution in [1.29, 1.82) is 0 Å². The monoisotopic (exact) mass is 241 g/mol. The van der Waals surface area contributed by atoms with Gasteiger partial charge in [-0.2, -0.15) is 13.2 Å². The predicted octanol–water partition coefficient (Wildman–Crippen LogP) is 1.03. The van der Waals surface area contributed by atoms with Gasteiger partial charge in [-0.3, -0.25) is 15.1 Å². The molecule has 0 spiro atoms. The molecule has 16 heavy (non-hydrogen) atoms. The molecule has 0 aromatic heterocycles. The van der Waals surface area contributed by atoms with E-state index in [2.05, 4.69) is 0 Å². The van der Waals surface area contributed by atoms with E-state index in [0.717, 1.165) is 4.90 Å². The van der Waals surface area contributed by atoms with Crippen molar-refractivity contribution in [2.24, 2.45) is 5.84 Å². The molecule has 0 bridgehead atoms. The molecule has 0 fully saturated rings. The van der Waals surface area contributed by atoms with E-state index >= 15 is 0 Å². The molecule has 0 aliphatic carbocycles. The number of halogens is 3. The topological polar surface area (TPSA) is 58.4 Å². The first-order valence-electron chi connectivity index (χ1n) is 5.17. The van der Waals surface area contributed by atoms with Gasteiger partial charge in [-0.05, 0) is 13.0 Å². The molecule has 0 aliphatic heterocycles. The second kappa shape index (κ2) is 6.70. The van der Waals surface area contributed by atoms with Gasteiger partial charge in [-0.1, -0.05) is 20.3 Å². The van der Waals surface area contributed by atoms with Crippen molar-refractivity contribution >= 4 is 5.91 Å². The minimum Gasteiger partial charge on any atom is -0.293 e. The molecule has 4 nitrogen and oxygen atoms in total. The molecule has 0 heterocycles. The van der Waals surface area contributed by atoms with Gasteiger partial charge in [0.15, 0.2) is 0 Å². The van der Waals surface area contributed by atoms with Gasteiger partial charge in [-0.15, -0.1) is 0 Å². The first-order valence-corrected chi connectivity index (χ1v) is 5.17. The fourth-order valence-electron chi connectivity index (χ4n) is 1.52. The Labute approximate surface area is 92.9 Å². The molecule has 7 heteroatoms. The maximum atomic E-state index is 12.3. The Balaban J connectivity index is 4.64. The van der Waals surface area contributed by atoms with Crippen LogP contribution in [0, 0.1) is 0 Å². The highest BCUT2D eigenvalue weighted by atomic mass is 19.4. The maximum absolute atomic E-state index is 12.3. The zero-order chi connectivity index (χ0) is 12.8. The molecule has 0 aromatic rings. The fraction of sp³-hybridized carbons (Fsp3) is 0.889. The summed E-state index contributed by atoms with van der Waals surface area (Å²) in [5, 5.41) is 0. The number of nitrogens with two attached hydrogens (primary N) is 1. The van der Waals surface area contributed by atoms with Crippen LogP contribution in [-0.4, -0.2) is 36.1 Å². The third-order valence-electron chi connectivity index (χ3n) is 2.24. The Hall–Kier alpha value is -0.820. The summed E-state index contributed by atoms with van der Waals surface area (Å²) >= 11 is 0. The van der Waals surface area contributed by atoms with E-state index in [-0.39, 0.29) is 6.54 Å². The number of alkyl halides is 3. The molecule has 0 rings (SSSR count). The lowest BCUT2D eigenvalue weighted by atomic mass is 10.1. The lowest BCUT2D eigenvalue weighted by molar-refractivity contribution is -0.155. The summed E-state index contributed by atoms with van der Waals surface area (Å²) in [6, 6.07) is -0.818. The van der Waals surface area contributed by atoms with Crippen LogP contribution < -0.4 is 11.3 Å². The van der Waals surface area contributed by atoms with Crippen molar-refractivity contribution in [2.45, 2.75) is 38.9 Å². The van der Waals surface area contributed by atoms with Crippen LogP contribution in [0.1, 0.15) is 26.7 Å². The van der Waals surface area contributed by atoms with Gasteiger partial charge in [0.05, 0.1) is 12.6 Å². The van der Waals surface area contributed by atoms with Crippen LogP contribution >= 0.6 is 0 Å². The Bertz CT molecular complexity index is 221. The number of nitrogens with zero attached hydrogens (tertiary/aromatic N) is 1. The summed E-state index contributed by atoms with van der Waals surface area (Å²) in [4.78, 5) is 12.4. The molecule has 0 saturated heterocycles. The number of hydrogen-bond donors (Lipinski definition) is 2. The van der Waals surface area contributed by atoms with E-state index in [1.54, 1.807) is 13.8 Å². The highest BCUT2D eigenvalue weighted by Crippen LogP contribution is 2.19. The van der Waals surface area contributed by atoms with Crippen molar-refractivity contribution in [3.63, 3.8) is 0 Å². The Morgan fingerprint density at radius 2 is 2.00 bits per heavy atom. The van der Waals surface area contributed by atoms with Crippen LogP contribution in [0.5, 0.6) is 0 Å². The largest absolute Gasteiger partial charge is 0.401 e. The molecular weight excluding hydrogens is 223 g/mol. The Kier molecular flexibility index (Phi) is 6.35. The number of likely N-dealkylation sites (N-methyl/N-ethyl adjacent to an activating group) is 1. The minimum absolute atomic E-state index is 0.150. The van der Waals surface area contributed by atoms with E-state index in [9.17, 15) is 18.0 Å². The molecule has 1 amide bonds. The summed E-state index contributed by atoms with van der Waals surface area (Å²) in [7, 11) is 0. The van der Waals surface area contributed by atoms with E-state index in [4.69, 9.17) is 5.84 Å². The Morgan fingerprint density at radius 1 is 1.44 bits per heavy atom. The zero-order valence-electron chi connectivity index (χ0n) is 9.47. The molecule has 0 saturated carbocycles. The number of carbonyl (C=O) groups excluding carboxylic acids is 1. The molecule has 0 radical (unpaired) electrons. The fourth-order valence-corrected chi connectivity index (χ4v) is 1.52. The van der Waals surface area contributed by atoms with Gasteiger partial charge in [-0.25, -0.2) is 5.84 Å². The molecule has 0 aliphatic rings. The van der Waals surface area contributed by atoms with Crippen LogP contribution in [0.25, 0.3) is 0 Å². The van der Waals surface area contributed by atoms with Crippen molar-refractivity contribution < 1.29 is 18.0 Å². The third kappa shape index (κ3) is 5.32.